The fourth-order valence-electron chi connectivity index (χ4n) is 1.69. The van der Waals surface area contributed by atoms with Crippen molar-refractivity contribution in [1.29, 1.82) is 0 Å². The van der Waals surface area contributed by atoms with Crippen LogP contribution in [0.1, 0.15) is 24.3 Å². The number of rotatable bonds is 6. The van der Waals surface area contributed by atoms with Gasteiger partial charge in [-0.3, -0.25) is 4.79 Å². The molecule has 0 aromatic carbocycles. The molecule has 1 atom stereocenters. The van der Waals surface area contributed by atoms with Gasteiger partial charge in [-0.05, 0) is 30.9 Å². The second kappa shape index (κ2) is 6.59. The lowest BCUT2D eigenvalue weighted by atomic mass is 10.2. The van der Waals surface area contributed by atoms with Gasteiger partial charge in [-0.25, -0.2) is 0 Å². The Labute approximate surface area is 107 Å². The number of nitrogens with zero attached hydrogens (tertiary/aromatic N) is 1. The largest absolute Gasteiger partial charge is 0.397 e. The monoisotopic (exact) mass is 255 g/mol. The second-order valence-corrected chi connectivity index (χ2v) is 5.13. The summed E-state index contributed by atoms with van der Waals surface area (Å²) in [6.07, 6.45) is 3.86. The molecule has 0 aliphatic carbocycles. The predicted octanol–water partition coefficient (Wildman–Crippen LogP) is 1.82. The van der Waals surface area contributed by atoms with E-state index in [1.807, 2.05) is 11.5 Å². The molecule has 1 amide bonds. The predicted molar refractivity (Wildman–Crippen MR) is 74.4 cm³/mol. The minimum Gasteiger partial charge on any atom is -0.397 e. The van der Waals surface area contributed by atoms with Crippen molar-refractivity contribution in [2.45, 2.75) is 20.4 Å². The zero-order chi connectivity index (χ0) is 12.8. The number of hydrogen-bond donors (Lipinski definition) is 2. The first-order valence-corrected chi connectivity index (χ1v) is 7.20. The molecule has 17 heavy (non-hydrogen) atoms. The lowest BCUT2D eigenvalue weighted by Crippen LogP contribution is -2.30. The number of nitrogen functional groups attached to an aromatic ring is 1. The van der Waals surface area contributed by atoms with Gasteiger partial charge in [0.2, 0.25) is 0 Å². The van der Waals surface area contributed by atoms with E-state index in [-0.39, 0.29) is 5.91 Å². The van der Waals surface area contributed by atoms with E-state index in [1.54, 1.807) is 24.0 Å². The summed E-state index contributed by atoms with van der Waals surface area (Å²) in [4.78, 5) is 12.0. The zero-order valence-corrected chi connectivity index (χ0v) is 11.5. The Hall–Kier alpha value is -1.10. The van der Waals surface area contributed by atoms with Crippen LogP contribution in [-0.4, -0.2) is 29.0 Å². The molecular formula is C12H21N3OS. The summed E-state index contributed by atoms with van der Waals surface area (Å²) in [5.74, 6) is 1.49. The Morgan fingerprint density at radius 1 is 1.65 bits per heavy atom. The number of anilines is 1. The van der Waals surface area contributed by atoms with Gasteiger partial charge in [0.05, 0.1) is 5.69 Å². The zero-order valence-electron chi connectivity index (χ0n) is 10.7. The van der Waals surface area contributed by atoms with Crippen LogP contribution >= 0.6 is 11.8 Å². The van der Waals surface area contributed by atoms with E-state index >= 15 is 0 Å². The molecule has 96 valence electrons. The van der Waals surface area contributed by atoms with E-state index in [1.165, 1.54) is 0 Å². The highest BCUT2D eigenvalue weighted by Crippen LogP contribution is 2.10. The lowest BCUT2D eigenvalue weighted by molar-refractivity contribution is 0.0940. The maximum atomic E-state index is 12.0. The first-order chi connectivity index (χ1) is 8.08. The molecule has 0 aliphatic rings. The van der Waals surface area contributed by atoms with Crippen LogP contribution < -0.4 is 11.1 Å². The molecule has 4 nitrogen and oxygen atoms in total. The Morgan fingerprint density at radius 2 is 2.35 bits per heavy atom. The number of thioether (sulfide) groups is 1. The summed E-state index contributed by atoms with van der Waals surface area (Å²) < 4.78 is 1.86. The number of nitrogens with one attached hydrogen (secondary N) is 1. The molecule has 1 aromatic rings. The van der Waals surface area contributed by atoms with Gasteiger partial charge >= 0.3 is 0 Å². The molecule has 0 spiro atoms. The van der Waals surface area contributed by atoms with Gasteiger partial charge in [0.25, 0.3) is 5.91 Å². The molecule has 0 radical (unpaired) electrons. The van der Waals surface area contributed by atoms with Crippen molar-refractivity contribution in [1.82, 2.24) is 9.88 Å². The molecule has 0 saturated carbocycles. The average molecular weight is 255 g/mol. The maximum Gasteiger partial charge on any atom is 0.267 e. The van der Waals surface area contributed by atoms with Crippen LogP contribution in [0.4, 0.5) is 5.69 Å². The molecule has 1 unspecified atom stereocenters. The van der Waals surface area contributed by atoms with E-state index < -0.39 is 0 Å². The van der Waals surface area contributed by atoms with Crippen molar-refractivity contribution in [3.05, 3.63) is 18.0 Å². The third kappa shape index (κ3) is 4.00. The summed E-state index contributed by atoms with van der Waals surface area (Å²) in [6.45, 7) is 5.57. The summed E-state index contributed by atoms with van der Waals surface area (Å²) in [6, 6.07) is 1.72. The van der Waals surface area contributed by atoms with Gasteiger partial charge < -0.3 is 15.6 Å². The van der Waals surface area contributed by atoms with Gasteiger partial charge in [-0.2, -0.15) is 11.8 Å². The first-order valence-electron chi connectivity index (χ1n) is 5.81. The number of aryl methyl sites for hydroxylation is 1. The van der Waals surface area contributed by atoms with Crippen molar-refractivity contribution < 1.29 is 4.79 Å². The van der Waals surface area contributed by atoms with Crippen LogP contribution in [0, 0.1) is 5.92 Å². The van der Waals surface area contributed by atoms with Gasteiger partial charge in [0.15, 0.2) is 0 Å². The highest BCUT2D eigenvalue weighted by atomic mass is 32.2. The normalized spacial score (nSPS) is 12.4. The smallest absolute Gasteiger partial charge is 0.267 e. The fraction of sp³-hybridized carbons (Fsp3) is 0.583. The summed E-state index contributed by atoms with van der Waals surface area (Å²) >= 11 is 1.79. The molecule has 0 bridgehead atoms. The number of aromatic nitrogens is 1. The Balaban J connectivity index is 2.57. The lowest BCUT2D eigenvalue weighted by Gasteiger charge is -2.12. The number of hydrogen-bond acceptors (Lipinski definition) is 3. The van der Waals surface area contributed by atoms with Crippen LogP contribution in [0.15, 0.2) is 12.3 Å². The second-order valence-electron chi connectivity index (χ2n) is 4.22. The topological polar surface area (TPSA) is 60.0 Å². The Kier molecular flexibility index (Phi) is 5.41. The van der Waals surface area contributed by atoms with E-state index in [2.05, 4.69) is 18.5 Å². The minimum atomic E-state index is -0.0449. The molecule has 0 fully saturated rings. The molecule has 1 aromatic heterocycles. The number of amides is 1. The van der Waals surface area contributed by atoms with Crippen LogP contribution in [0.25, 0.3) is 0 Å². The fourth-order valence-corrected chi connectivity index (χ4v) is 2.37. The van der Waals surface area contributed by atoms with Crippen molar-refractivity contribution in [3.8, 4) is 0 Å². The van der Waals surface area contributed by atoms with Gasteiger partial charge in [0.1, 0.15) is 5.69 Å². The van der Waals surface area contributed by atoms with Gasteiger partial charge in [-0.1, -0.05) is 6.92 Å². The minimum absolute atomic E-state index is 0.0449. The number of carbonyl (C=O) groups is 1. The highest BCUT2D eigenvalue weighted by molar-refractivity contribution is 7.98. The third-order valence-electron chi connectivity index (χ3n) is 2.55. The molecular weight excluding hydrogens is 234 g/mol. The standard InChI is InChI=1S/C12H21N3OS/c1-4-15-7-10(13)5-11(15)12(16)14-6-9(2)8-17-3/h5,7,9H,4,6,8,13H2,1-3H3,(H,14,16). The van der Waals surface area contributed by atoms with Crippen molar-refractivity contribution >= 4 is 23.4 Å². The maximum absolute atomic E-state index is 12.0. The van der Waals surface area contributed by atoms with Crippen LogP contribution in [-0.2, 0) is 6.54 Å². The van der Waals surface area contributed by atoms with Crippen LogP contribution in [0.3, 0.4) is 0 Å². The van der Waals surface area contributed by atoms with E-state index in [0.29, 0.717) is 23.8 Å². The van der Waals surface area contributed by atoms with Crippen LogP contribution in [0.2, 0.25) is 0 Å². The molecule has 1 heterocycles. The Morgan fingerprint density at radius 3 is 2.94 bits per heavy atom. The Bertz CT molecular complexity index is 376. The third-order valence-corrected chi connectivity index (χ3v) is 3.46. The van der Waals surface area contributed by atoms with Gasteiger partial charge in [-0.15, -0.1) is 0 Å². The van der Waals surface area contributed by atoms with E-state index in [9.17, 15) is 4.79 Å². The molecule has 0 aliphatic heterocycles. The number of carbonyl (C=O) groups excluding carboxylic acids is 1. The SMILES string of the molecule is CCn1cc(N)cc1C(=O)NCC(C)CSC. The van der Waals surface area contributed by atoms with Crippen molar-refractivity contribution in [3.63, 3.8) is 0 Å². The van der Waals surface area contributed by atoms with E-state index in [4.69, 9.17) is 5.73 Å². The van der Waals surface area contributed by atoms with E-state index in [0.717, 1.165) is 12.3 Å². The molecule has 0 saturated heterocycles. The quantitative estimate of drug-likeness (QED) is 0.815. The average Bonchev–Trinajstić information content (AvgIpc) is 2.68. The molecule has 3 N–H and O–H groups in total. The van der Waals surface area contributed by atoms with Crippen molar-refractivity contribution in [2.75, 3.05) is 24.3 Å². The summed E-state index contributed by atoms with van der Waals surface area (Å²) in [5.41, 5.74) is 6.97. The van der Waals surface area contributed by atoms with Crippen LogP contribution in [0.5, 0.6) is 0 Å². The highest BCUT2D eigenvalue weighted by Gasteiger charge is 2.12. The molecule has 1 rings (SSSR count). The molecule has 5 heteroatoms. The number of nitrogens with two attached hydrogens (primary N) is 1. The summed E-state index contributed by atoms with van der Waals surface area (Å²) in [7, 11) is 0. The summed E-state index contributed by atoms with van der Waals surface area (Å²) in [5, 5.41) is 2.94. The van der Waals surface area contributed by atoms with Crippen molar-refractivity contribution in [2.24, 2.45) is 5.92 Å². The first kappa shape index (κ1) is 14.0. The van der Waals surface area contributed by atoms with Gasteiger partial charge in [0, 0.05) is 19.3 Å².